The molecule has 0 N–H and O–H groups in total. The Bertz CT molecular complexity index is 659. The maximum absolute atomic E-state index is 12.6. The van der Waals surface area contributed by atoms with Crippen LogP contribution in [-0.2, 0) is 0 Å². The van der Waals surface area contributed by atoms with Crippen molar-refractivity contribution in [2.75, 3.05) is 29.0 Å². The third kappa shape index (κ3) is 1.94. The lowest BCUT2D eigenvalue weighted by atomic mass is 10.2. The first-order valence-corrected chi connectivity index (χ1v) is 7.72. The number of benzene rings is 1. The molecule has 0 spiro atoms. The highest BCUT2D eigenvalue weighted by atomic mass is 32.2. The zero-order valence-corrected chi connectivity index (χ0v) is 12.2. The molecule has 0 fully saturated rings. The van der Waals surface area contributed by atoms with Crippen LogP contribution in [0.2, 0.25) is 0 Å². The molecule has 4 nitrogen and oxygen atoms in total. The number of fused-ring (bicyclic) bond motifs is 2. The zero-order chi connectivity index (χ0) is 14.1. The molecule has 1 aliphatic rings. The van der Waals surface area contributed by atoms with E-state index >= 15 is 0 Å². The van der Waals surface area contributed by atoms with Crippen molar-refractivity contribution in [3.8, 4) is 0 Å². The van der Waals surface area contributed by atoms with E-state index < -0.39 is 0 Å². The van der Waals surface area contributed by atoms with Crippen molar-refractivity contribution in [2.45, 2.75) is 0 Å². The number of thioether (sulfide) groups is 1. The van der Waals surface area contributed by atoms with Crippen LogP contribution in [0.25, 0.3) is 0 Å². The van der Waals surface area contributed by atoms with Crippen molar-refractivity contribution in [1.29, 1.82) is 0 Å². The summed E-state index contributed by atoms with van der Waals surface area (Å²) >= 11 is 1.70. The summed E-state index contributed by atoms with van der Waals surface area (Å²) < 4.78 is 0. The lowest BCUT2D eigenvalue weighted by Gasteiger charge is -2.24. The summed E-state index contributed by atoms with van der Waals surface area (Å²) in [5.41, 5.74) is 2.56. The maximum atomic E-state index is 12.6. The first-order chi connectivity index (χ1) is 9.74. The van der Waals surface area contributed by atoms with Crippen molar-refractivity contribution in [3.63, 3.8) is 0 Å². The van der Waals surface area contributed by atoms with E-state index in [1.807, 2.05) is 36.6 Å². The molecule has 2 aromatic rings. The Balaban J connectivity index is 2.27. The van der Waals surface area contributed by atoms with Gasteiger partial charge in [0.05, 0.1) is 22.8 Å². The van der Waals surface area contributed by atoms with E-state index in [9.17, 15) is 4.79 Å². The molecule has 102 valence electrons. The van der Waals surface area contributed by atoms with Gasteiger partial charge in [-0.05, 0) is 30.5 Å². The summed E-state index contributed by atoms with van der Waals surface area (Å²) in [6, 6.07) is 11.6. The van der Waals surface area contributed by atoms with Gasteiger partial charge in [0.2, 0.25) is 0 Å². The lowest BCUT2D eigenvalue weighted by Crippen LogP contribution is -2.25. The predicted molar refractivity (Wildman–Crippen MR) is 83.9 cm³/mol. The first-order valence-electron chi connectivity index (χ1n) is 6.32. The van der Waals surface area contributed by atoms with Crippen LogP contribution in [0.1, 0.15) is 10.4 Å². The van der Waals surface area contributed by atoms with Gasteiger partial charge >= 0.3 is 0 Å². The van der Waals surface area contributed by atoms with E-state index in [0.29, 0.717) is 5.56 Å². The summed E-state index contributed by atoms with van der Waals surface area (Å²) in [5.74, 6) is 1.45. The molecule has 2 heterocycles. The second-order valence-electron chi connectivity index (χ2n) is 4.57. The van der Waals surface area contributed by atoms with Crippen molar-refractivity contribution in [3.05, 3.63) is 48.2 Å². The van der Waals surface area contributed by atoms with E-state index in [0.717, 1.165) is 23.1 Å². The number of hydrogen-bond donors (Lipinski definition) is 0. The minimum absolute atomic E-state index is 0.0239. The molecule has 0 aliphatic carbocycles. The van der Waals surface area contributed by atoms with Gasteiger partial charge in [0, 0.05) is 13.2 Å². The number of carbonyl (C=O) groups excluding carboxylic acids is 1. The van der Waals surface area contributed by atoms with Gasteiger partial charge in [-0.2, -0.15) is 0 Å². The molecule has 0 saturated heterocycles. The molecule has 1 amide bonds. The molecule has 1 aromatic carbocycles. The number of aromatic nitrogens is 1. The number of pyridine rings is 1. The Hall–Kier alpha value is -2.01. The highest BCUT2D eigenvalue weighted by Gasteiger charge is 2.29. The quantitative estimate of drug-likeness (QED) is 0.849. The number of hydrogen-bond acceptors (Lipinski definition) is 4. The van der Waals surface area contributed by atoms with E-state index in [1.54, 1.807) is 36.0 Å². The zero-order valence-electron chi connectivity index (χ0n) is 11.4. The van der Waals surface area contributed by atoms with Gasteiger partial charge in [-0.25, -0.2) is 4.98 Å². The normalized spacial score (nSPS) is 13.8. The minimum Gasteiger partial charge on any atom is -0.314 e. The Kier molecular flexibility index (Phi) is 3.36. The summed E-state index contributed by atoms with van der Waals surface area (Å²) in [4.78, 5) is 20.8. The van der Waals surface area contributed by atoms with Gasteiger partial charge in [-0.1, -0.05) is 12.1 Å². The van der Waals surface area contributed by atoms with E-state index in [2.05, 4.69) is 9.88 Å². The van der Waals surface area contributed by atoms with Crippen LogP contribution in [0.4, 0.5) is 17.2 Å². The smallest absolute Gasteiger partial charge is 0.261 e. The monoisotopic (exact) mass is 285 g/mol. The van der Waals surface area contributed by atoms with Crippen molar-refractivity contribution >= 4 is 34.9 Å². The van der Waals surface area contributed by atoms with Crippen molar-refractivity contribution < 1.29 is 4.79 Å². The van der Waals surface area contributed by atoms with Gasteiger partial charge in [0.25, 0.3) is 5.91 Å². The number of anilines is 3. The van der Waals surface area contributed by atoms with Crippen LogP contribution in [0.5, 0.6) is 0 Å². The molecule has 0 unspecified atom stereocenters. The Labute approximate surface area is 122 Å². The molecule has 0 saturated carbocycles. The van der Waals surface area contributed by atoms with Crippen LogP contribution in [0, 0.1) is 0 Å². The highest BCUT2D eigenvalue weighted by molar-refractivity contribution is 7.98. The van der Waals surface area contributed by atoms with Crippen LogP contribution in [0.15, 0.2) is 42.6 Å². The molecule has 0 bridgehead atoms. The minimum atomic E-state index is -0.0239. The third-order valence-corrected chi connectivity index (χ3v) is 3.89. The van der Waals surface area contributed by atoms with Crippen LogP contribution in [0.3, 0.4) is 0 Å². The summed E-state index contributed by atoms with van der Waals surface area (Å²) in [7, 11) is 1.81. The first kappa shape index (κ1) is 13.0. The van der Waals surface area contributed by atoms with Gasteiger partial charge in [-0.3, -0.25) is 4.79 Å². The Morgan fingerprint density at radius 2 is 1.90 bits per heavy atom. The maximum Gasteiger partial charge on any atom is 0.261 e. The van der Waals surface area contributed by atoms with E-state index in [1.165, 1.54) is 0 Å². The number of nitrogens with zero attached hydrogens (tertiary/aromatic N) is 3. The highest BCUT2D eigenvalue weighted by Crippen LogP contribution is 2.39. The molecule has 0 atom stereocenters. The second kappa shape index (κ2) is 5.17. The fraction of sp³-hybridized carbons (Fsp3) is 0.200. The largest absolute Gasteiger partial charge is 0.314 e. The number of rotatable bonds is 2. The standard InChI is InChI=1S/C15H15N3OS/c1-17-12-7-3-4-8-13(12)18(10-20-2)14-11(15(17)19)6-5-9-16-14/h3-9H,10H2,1-2H3. The van der Waals surface area contributed by atoms with Crippen LogP contribution in [-0.4, -0.2) is 30.1 Å². The summed E-state index contributed by atoms with van der Waals surface area (Å²) in [5, 5.41) is 0. The Morgan fingerprint density at radius 1 is 1.15 bits per heavy atom. The van der Waals surface area contributed by atoms with Gasteiger partial charge in [0.1, 0.15) is 5.82 Å². The molecular weight excluding hydrogens is 270 g/mol. The predicted octanol–water partition coefficient (Wildman–Crippen LogP) is 3.13. The topological polar surface area (TPSA) is 36.4 Å². The number of para-hydroxylation sites is 2. The lowest BCUT2D eigenvalue weighted by molar-refractivity contribution is 0.0994. The molecule has 0 radical (unpaired) electrons. The molecular formula is C15H15N3OS. The number of amides is 1. The van der Waals surface area contributed by atoms with Gasteiger partial charge in [0.15, 0.2) is 0 Å². The molecule has 5 heteroatoms. The third-order valence-electron chi connectivity index (χ3n) is 3.37. The molecule has 1 aliphatic heterocycles. The summed E-state index contributed by atoms with van der Waals surface area (Å²) in [6.45, 7) is 0. The molecule has 1 aromatic heterocycles. The molecule has 20 heavy (non-hydrogen) atoms. The second-order valence-corrected chi connectivity index (χ2v) is 5.41. The fourth-order valence-corrected chi connectivity index (χ4v) is 2.94. The average molecular weight is 285 g/mol. The fourth-order valence-electron chi connectivity index (χ4n) is 2.42. The van der Waals surface area contributed by atoms with Crippen molar-refractivity contribution in [1.82, 2.24) is 4.98 Å². The van der Waals surface area contributed by atoms with Gasteiger partial charge < -0.3 is 9.80 Å². The van der Waals surface area contributed by atoms with E-state index in [4.69, 9.17) is 0 Å². The van der Waals surface area contributed by atoms with Gasteiger partial charge in [-0.15, -0.1) is 11.8 Å². The van der Waals surface area contributed by atoms with Crippen LogP contribution < -0.4 is 9.80 Å². The average Bonchev–Trinajstić information content (AvgIpc) is 2.58. The van der Waals surface area contributed by atoms with Crippen LogP contribution >= 0.6 is 11.8 Å². The van der Waals surface area contributed by atoms with E-state index in [-0.39, 0.29) is 5.91 Å². The SMILES string of the molecule is CSCN1c2ccccc2N(C)C(=O)c2cccnc21. The van der Waals surface area contributed by atoms with Crippen molar-refractivity contribution in [2.24, 2.45) is 0 Å². The number of carbonyl (C=O) groups is 1. The Morgan fingerprint density at radius 3 is 2.65 bits per heavy atom. The molecule has 3 rings (SSSR count). The summed E-state index contributed by atoms with van der Waals surface area (Å²) in [6.07, 6.45) is 3.77.